The fourth-order valence-electron chi connectivity index (χ4n) is 3.47. The van der Waals surface area contributed by atoms with E-state index in [2.05, 4.69) is 23.5 Å². The van der Waals surface area contributed by atoms with Gasteiger partial charge >= 0.3 is 0 Å². The monoisotopic (exact) mass is 240 g/mol. The first-order valence-electron chi connectivity index (χ1n) is 6.65. The largest absolute Gasteiger partial charge is 0.318 e. The van der Waals surface area contributed by atoms with Gasteiger partial charge < -0.3 is 4.90 Å². The molecule has 18 heavy (non-hydrogen) atoms. The predicted octanol–water partition coefficient (Wildman–Crippen LogP) is 2.08. The van der Waals surface area contributed by atoms with Gasteiger partial charge in [-0.3, -0.25) is 10.1 Å². The zero-order valence-electron chi connectivity index (χ0n) is 10.2. The standard InChI is InChI=1S/C15H16N2O/c18-15-12-7-3-2-6-11(12)14-16-13-8-4-1-5-10(13)9-17(14)15/h1-4,6-7,10,13-14,16H,5,8-9H2/t10-,13+,14+/m0/s1. The van der Waals surface area contributed by atoms with Gasteiger partial charge in [0.05, 0.1) is 0 Å². The van der Waals surface area contributed by atoms with Crippen molar-refractivity contribution in [1.82, 2.24) is 10.2 Å². The van der Waals surface area contributed by atoms with Crippen molar-refractivity contribution in [2.45, 2.75) is 25.0 Å². The first-order valence-corrected chi connectivity index (χ1v) is 6.65. The van der Waals surface area contributed by atoms with E-state index >= 15 is 0 Å². The number of nitrogens with zero attached hydrogens (tertiary/aromatic N) is 1. The first-order chi connectivity index (χ1) is 8.84. The van der Waals surface area contributed by atoms with Crippen molar-refractivity contribution in [3.05, 3.63) is 47.5 Å². The fourth-order valence-corrected chi connectivity index (χ4v) is 3.47. The molecule has 3 heteroatoms. The summed E-state index contributed by atoms with van der Waals surface area (Å²) in [5.74, 6) is 0.764. The second kappa shape index (κ2) is 3.69. The van der Waals surface area contributed by atoms with E-state index in [-0.39, 0.29) is 12.1 Å². The zero-order valence-corrected chi connectivity index (χ0v) is 10.2. The van der Waals surface area contributed by atoms with Gasteiger partial charge in [0.2, 0.25) is 0 Å². The van der Waals surface area contributed by atoms with E-state index in [1.807, 2.05) is 23.1 Å². The number of carbonyl (C=O) groups is 1. The molecular weight excluding hydrogens is 224 g/mol. The number of fused-ring (bicyclic) bond motifs is 4. The predicted molar refractivity (Wildman–Crippen MR) is 69.0 cm³/mol. The Labute approximate surface area is 106 Å². The highest BCUT2D eigenvalue weighted by atomic mass is 16.2. The number of amides is 1. The van der Waals surface area contributed by atoms with E-state index in [0.717, 1.165) is 30.5 Å². The molecule has 1 fully saturated rings. The molecule has 0 spiro atoms. The first kappa shape index (κ1) is 10.3. The van der Waals surface area contributed by atoms with Crippen LogP contribution >= 0.6 is 0 Å². The summed E-state index contributed by atoms with van der Waals surface area (Å²) in [6.07, 6.45) is 6.78. The third-order valence-electron chi connectivity index (χ3n) is 4.43. The fraction of sp³-hybridized carbons (Fsp3) is 0.400. The highest BCUT2D eigenvalue weighted by Crippen LogP contribution is 2.38. The molecule has 1 aliphatic carbocycles. The van der Waals surface area contributed by atoms with Gasteiger partial charge in [-0.25, -0.2) is 0 Å². The van der Waals surface area contributed by atoms with Crippen molar-refractivity contribution in [2.75, 3.05) is 6.54 Å². The molecule has 3 aliphatic rings. The molecule has 1 saturated heterocycles. The molecule has 2 heterocycles. The summed E-state index contributed by atoms with van der Waals surface area (Å²) < 4.78 is 0. The minimum atomic E-state index is 0.0986. The molecular formula is C15H16N2O. The average molecular weight is 240 g/mol. The van der Waals surface area contributed by atoms with Crippen molar-refractivity contribution in [2.24, 2.45) is 5.92 Å². The Morgan fingerprint density at radius 3 is 2.94 bits per heavy atom. The minimum Gasteiger partial charge on any atom is -0.318 e. The highest BCUT2D eigenvalue weighted by molar-refractivity contribution is 5.99. The third-order valence-corrected chi connectivity index (χ3v) is 4.43. The van der Waals surface area contributed by atoms with Crippen LogP contribution in [0.15, 0.2) is 36.4 Å². The lowest BCUT2D eigenvalue weighted by Gasteiger charge is -2.43. The minimum absolute atomic E-state index is 0.0986. The lowest BCUT2D eigenvalue weighted by molar-refractivity contribution is 0.0457. The zero-order chi connectivity index (χ0) is 12.1. The van der Waals surface area contributed by atoms with Gasteiger partial charge in [-0.05, 0) is 24.8 Å². The molecule has 3 nitrogen and oxygen atoms in total. The summed E-state index contributed by atoms with van der Waals surface area (Å²) in [5.41, 5.74) is 2.03. The SMILES string of the molecule is O=C1c2ccccc2[C@@H]2N[C@@H]3CC=CC[C@H]3CN12. The van der Waals surface area contributed by atoms with Crippen molar-refractivity contribution in [3.63, 3.8) is 0 Å². The number of rotatable bonds is 0. The van der Waals surface area contributed by atoms with E-state index < -0.39 is 0 Å². The average Bonchev–Trinajstić information content (AvgIpc) is 2.71. The Kier molecular flexibility index (Phi) is 2.12. The number of benzene rings is 1. The Hall–Kier alpha value is -1.61. The van der Waals surface area contributed by atoms with Crippen molar-refractivity contribution in [1.29, 1.82) is 0 Å². The molecule has 0 bridgehead atoms. The molecule has 3 atom stereocenters. The maximum Gasteiger partial charge on any atom is 0.255 e. The van der Waals surface area contributed by atoms with Crippen LogP contribution in [-0.2, 0) is 0 Å². The third kappa shape index (κ3) is 1.31. The van der Waals surface area contributed by atoms with E-state index in [1.54, 1.807) is 0 Å². The molecule has 2 aliphatic heterocycles. The summed E-state index contributed by atoms with van der Waals surface area (Å²) in [6.45, 7) is 0.889. The maximum atomic E-state index is 12.4. The summed E-state index contributed by atoms with van der Waals surface area (Å²) >= 11 is 0. The van der Waals surface area contributed by atoms with E-state index in [4.69, 9.17) is 0 Å². The van der Waals surface area contributed by atoms with Crippen molar-refractivity contribution in [3.8, 4) is 0 Å². The lowest BCUT2D eigenvalue weighted by atomic mass is 9.86. The molecule has 1 aromatic carbocycles. The summed E-state index contributed by atoms with van der Waals surface area (Å²) in [7, 11) is 0. The number of carbonyl (C=O) groups excluding carboxylic acids is 1. The number of hydrogen-bond acceptors (Lipinski definition) is 2. The van der Waals surface area contributed by atoms with Gasteiger partial charge in [-0.2, -0.15) is 0 Å². The Bertz CT molecular complexity index is 537. The molecule has 0 aromatic heterocycles. The number of nitrogens with one attached hydrogen (secondary N) is 1. The van der Waals surface area contributed by atoms with Crippen molar-refractivity contribution < 1.29 is 4.79 Å². The van der Waals surface area contributed by atoms with Crippen molar-refractivity contribution >= 4 is 5.91 Å². The van der Waals surface area contributed by atoms with Crippen LogP contribution in [-0.4, -0.2) is 23.4 Å². The van der Waals surface area contributed by atoms with Gasteiger partial charge in [-0.1, -0.05) is 30.4 Å². The summed E-state index contributed by atoms with van der Waals surface area (Å²) in [6, 6.07) is 8.51. The van der Waals surface area contributed by atoms with E-state index in [0.29, 0.717) is 12.0 Å². The van der Waals surface area contributed by atoms with Crippen LogP contribution < -0.4 is 5.32 Å². The highest BCUT2D eigenvalue weighted by Gasteiger charge is 2.43. The van der Waals surface area contributed by atoms with Gasteiger partial charge in [0, 0.05) is 23.7 Å². The van der Waals surface area contributed by atoms with Crippen LogP contribution in [0.4, 0.5) is 0 Å². The lowest BCUT2D eigenvalue weighted by Crippen LogP contribution is -2.54. The van der Waals surface area contributed by atoms with Crippen LogP contribution in [0, 0.1) is 5.92 Å². The molecule has 1 amide bonds. The normalized spacial score (nSPS) is 33.0. The Balaban J connectivity index is 1.73. The van der Waals surface area contributed by atoms with Crippen LogP contribution in [0.1, 0.15) is 34.9 Å². The Morgan fingerprint density at radius 2 is 2.00 bits per heavy atom. The topological polar surface area (TPSA) is 32.3 Å². The molecule has 1 aromatic rings. The Morgan fingerprint density at radius 1 is 1.17 bits per heavy atom. The number of allylic oxidation sites excluding steroid dienone is 1. The van der Waals surface area contributed by atoms with Crippen LogP contribution in [0.5, 0.6) is 0 Å². The van der Waals surface area contributed by atoms with Gasteiger partial charge in [0.25, 0.3) is 5.91 Å². The molecule has 4 rings (SSSR count). The van der Waals surface area contributed by atoms with Gasteiger partial charge in [0.15, 0.2) is 0 Å². The van der Waals surface area contributed by atoms with E-state index in [9.17, 15) is 4.79 Å². The molecule has 1 N–H and O–H groups in total. The van der Waals surface area contributed by atoms with Crippen LogP contribution in [0.3, 0.4) is 0 Å². The number of hydrogen-bond donors (Lipinski definition) is 1. The quantitative estimate of drug-likeness (QED) is 0.704. The van der Waals surface area contributed by atoms with Crippen LogP contribution in [0.2, 0.25) is 0 Å². The molecule has 0 unspecified atom stereocenters. The van der Waals surface area contributed by atoms with Crippen LogP contribution in [0.25, 0.3) is 0 Å². The second-order valence-corrected chi connectivity index (χ2v) is 5.42. The van der Waals surface area contributed by atoms with Gasteiger partial charge in [0.1, 0.15) is 6.17 Å². The maximum absolute atomic E-state index is 12.4. The smallest absolute Gasteiger partial charge is 0.255 e. The summed E-state index contributed by atoms with van der Waals surface area (Å²) in [5, 5.41) is 3.66. The second-order valence-electron chi connectivity index (χ2n) is 5.42. The van der Waals surface area contributed by atoms with E-state index in [1.165, 1.54) is 0 Å². The summed E-state index contributed by atoms with van der Waals surface area (Å²) in [4.78, 5) is 14.4. The van der Waals surface area contributed by atoms with Gasteiger partial charge in [-0.15, -0.1) is 0 Å². The molecule has 0 radical (unpaired) electrons. The molecule has 0 saturated carbocycles. The molecule has 92 valence electrons.